The van der Waals surface area contributed by atoms with Gasteiger partial charge in [-0.05, 0) is 12.1 Å². The monoisotopic (exact) mass is 269 g/mol. The molecule has 0 atom stereocenters. The van der Waals surface area contributed by atoms with Gasteiger partial charge in [-0.1, -0.05) is 12.1 Å². The summed E-state index contributed by atoms with van der Waals surface area (Å²) in [6, 6.07) is 9.80. The second-order valence-electron chi connectivity index (χ2n) is 4.46. The number of aromatic hydroxyl groups is 1. The highest BCUT2D eigenvalue weighted by molar-refractivity contribution is 5.96. The summed E-state index contributed by atoms with van der Waals surface area (Å²) in [6.07, 6.45) is 0. The number of hydrogen-bond acceptors (Lipinski definition) is 4. The molecule has 1 aromatic heterocycles. The molecule has 0 saturated carbocycles. The number of rotatable bonds is 1. The molecule has 0 radical (unpaired) electrons. The first-order chi connectivity index (χ1) is 9.56. The maximum absolute atomic E-state index is 12.4. The van der Waals surface area contributed by atoms with Gasteiger partial charge in [-0.2, -0.15) is 0 Å². The Bertz CT molecular complexity index is 895. The lowest BCUT2D eigenvalue weighted by atomic mass is 10.1. The van der Waals surface area contributed by atoms with Crippen LogP contribution < -0.4 is 10.2 Å². The number of aromatic nitrogens is 1. The van der Waals surface area contributed by atoms with Gasteiger partial charge in [0, 0.05) is 30.0 Å². The third-order valence-corrected chi connectivity index (χ3v) is 3.02. The Morgan fingerprint density at radius 2 is 1.95 bits per heavy atom. The van der Waals surface area contributed by atoms with E-state index in [4.69, 9.17) is 4.74 Å². The van der Waals surface area contributed by atoms with E-state index < -0.39 is 5.97 Å². The molecule has 5 heteroatoms. The average molecular weight is 269 g/mol. The van der Waals surface area contributed by atoms with Gasteiger partial charge in [0.1, 0.15) is 11.5 Å². The van der Waals surface area contributed by atoms with Crippen molar-refractivity contribution in [1.29, 1.82) is 0 Å². The molecule has 0 spiro atoms. The fourth-order valence-corrected chi connectivity index (χ4v) is 2.23. The van der Waals surface area contributed by atoms with E-state index in [1.54, 1.807) is 24.3 Å². The van der Waals surface area contributed by atoms with Crippen LogP contribution in [0.25, 0.3) is 21.8 Å². The smallest absolute Gasteiger partial charge is 0.308 e. The van der Waals surface area contributed by atoms with Crippen molar-refractivity contribution in [2.45, 2.75) is 6.92 Å². The molecule has 20 heavy (non-hydrogen) atoms. The van der Waals surface area contributed by atoms with Gasteiger partial charge in [-0.25, -0.2) is 0 Å². The first-order valence-electron chi connectivity index (χ1n) is 6.02. The molecule has 2 aromatic carbocycles. The third kappa shape index (κ3) is 1.89. The molecule has 0 aliphatic heterocycles. The lowest BCUT2D eigenvalue weighted by Gasteiger charge is -2.07. The van der Waals surface area contributed by atoms with Crippen molar-refractivity contribution >= 4 is 27.8 Å². The Morgan fingerprint density at radius 1 is 1.20 bits per heavy atom. The molecular weight excluding hydrogens is 258 g/mol. The van der Waals surface area contributed by atoms with Gasteiger partial charge in [0.25, 0.3) is 0 Å². The standard InChI is InChI=1S/C15H11NO4/c1-8(17)20-9-6-12-14(13(18)7-9)15(19)10-4-2-3-5-11(10)16-12/h2-7,18H,1H3,(H,16,19). The van der Waals surface area contributed by atoms with Crippen molar-refractivity contribution in [1.82, 2.24) is 4.98 Å². The summed E-state index contributed by atoms with van der Waals surface area (Å²) in [6.45, 7) is 1.27. The van der Waals surface area contributed by atoms with Crippen LogP contribution in [0.1, 0.15) is 6.92 Å². The fraction of sp³-hybridized carbons (Fsp3) is 0.0667. The second-order valence-corrected chi connectivity index (χ2v) is 4.46. The van der Waals surface area contributed by atoms with Gasteiger partial charge in [-0.3, -0.25) is 9.59 Å². The number of phenols is 1. The summed E-state index contributed by atoms with van der Waals surface area (Å²) in [5, 5.41) is 10.7. The molecular formula is C15H11NO4. The van der Waals surface area contributed by atoms with Gasteiger partial charge in [0.2, 0.25) is 5.43 Å². The van der Waals surface area contributed by atoms with Crippen LogP contribution in [0.15, 0.2) is 41.2 Å². The van der Waals surface area contributed by atoms with Crippen LogP contribution in [0.2, 0.25) is 0 Å². The normalized spacial score (nSPS) is 10.8. The zero-order valence-corrected chi connectivity index (χ0v) is 10.6. The molecule has 0 bridgehead atoms. The van der Waals surface area contributed by atoms with Crippen LogP contribution >= 0.6 is 0 Å². The number of ether oxygens (including phenoxy) is 1. The molecule has 2 N–H and O–H groups in total. The molecule has 0 amide bonds. The number of fused-ring (bicyclic) bond motifs is 2. The minimum Gasteiger partial charge on any atom is -0.507 e. The highest BCUT2D eigenvalue weighted by Gasteiger charge is 2.12. The summed E-state index contributed by atoms with van der Waals surface area (Å²) in [5.74, 6) is -0.522. The number of carbonyl (C=O) groups excluding carboxylic acids is 1. The quantitative estimate of drug-likeness (QED) is 0.403. The van der Waals surface area contributed by atoms with Crippen molar-refractivity contribution in [3.8, 4) is 11.5 Å². The van der Waals surface area contributed by atoms with E-state index in [1.165, 1.54) is 19.1 Å². The Balaban J connectivity index is 2.39. The predicted molar refractivity (Wildman–Crippen MR) is 75.0 cm³/mol. The average Bonchev–Trinajstić information content (AvgIpc) is 2.37. The number of carbonyl (C=O) groups is 1. The SMILES string of the molecule is CC(=O)Oc1cc(O)c2c(=O)c3ccccc3[nH]c2c1. The van der Waals surface area contributed by atoms with Crippen molar-refractivity contribution in [2.24, 2.45) is 0 Å². The minimum absolute atomic E-state index is 0.180. The Hall–Kier alpha value is -2.82. The van der Waals surface area contributed by atoms with E-state index in [0.29, 0.717) is 16.4 Å². The number of benzene rings is 2. The highest BCUT2D eigenvalue weighted by atomic mass is 16.5. The lowest BCUT2D eigenvalue weighted by Crippen LogP contribution is -2.06. The van der Waals surface area contributed by atoms with Crippen molar-refractivity contribution in [3.63, 3.8) is 0 Å². The van der Waals surface area contributed by atoms with Crippen molar-refractivity contribution < 1.29 is 14.6 Å². The number of aromatic amines is 1. The van der Waals surface area contributed by atoms with E-state index >= 15 is 0 Å². The van der Waals surface area contributed by atoms with E-state index in [0.717, 1.165) is 0 Å². The third-order valence-electron chi connectivity index (χ3n) is 3.02. The largest absolute Gasteiger partial charge is 0.507 e. The maximum Gasteiger partial charge on any atom is 0.308 e. The zero-order chi connectivity index (χ0) is 14.3. The Morgan fingerprint density at radius 3 is 2.70 bits per heavy atom. The second kappa shape index (κ2) is 4.38. The van der Waals surface area contributed by atoms with E-state index in [2.05, 4.69) is 4.98 Å². The fourth-order valence-electron chi connectivity index (χ4n) is 2.23. The van der Waals surface area contributed by atoms with Crippen LogP contribution in [0, 0.1) is 0 Å². The van der Waals surface area contributed by atoms with E-state index in [9.17, 15) is 14.7 Å². The van der Waals surface area contributed by atoms with Crippen LogP contribution in [0.3, 0.4) is 0 Å². The van der Waals surface area contributed by atoms with E-state index in [1.807, 2.05) is 0 Å². The summed E-state index contributed by atoms with van der Waals surface area (Å²) >= 11 is 0. The van der Waals surface area contributed by atoms with Crippen LogP contribution in [0.5, 0.6) is 11.5 Å². The molecule has 100 valence electrons. The van der Waals surface area contributed by atoms with Gasteiger partial charge in [-0.15, -0.1) is 0 Å². The first-order valence-corrected chi connectivity index (χ1v) is 6.02. The number of H-pyrrole nitrogens is 1. The maximum atomic E-state index is 12.4. The Labute approximate surface area is 113 Å². The van der Waals surface area contributed by atoms with Gasteiger partial charge in [0.15, 0.2) is 0 Å². The van der Waals surface area contributed by atoms with Crippen LogP contribution in [-0.2, 0) is 4.79 Å². The van der Waals surface area contributed by atoms with Crippen LogP contribution in [0.4, 0.5) is 0 Å². The van der Waals surface area contributed by atoms with Gasteiger partial charge < -0.3 is 14.8 Å². The summed E-state index contributed by atoms with van der Waals surface area (Å²) in [7, 11) is 0. The number of para-hydroxylation sites is 1. The van der Waals surface area contributed by atoms with Crippen molar-refractivity contribution in [3.05, 3.63) is 46.6 Å². The van der Waals surface area contributed by atoms with Gasteiger partial charge in [0.05, 0.1) is 10.9 Å². The molecule has 5 nitrogen and oxygen atoms in total. The van der Waals surface area contributed by atoms with E-state index in [-0.39, 0.29) is 22.3 Å². The molecule has 0 aliphatic carbocycles. The summed E-state index contributed by atoms with van der Waals surface area (Å²) < 4.78 is 4.93. The Kier molecular flexibility index (Phi) is 2.68. The van der Waals surface area contributed by atoms with Crippen LogP contribution in [-0.4, -0.2) is 16.1 Å². The molecule has 0 saturated heterocycles. The minimum atomic E-state index is -0.494. The number of hydrogen-bond donors (Lipinski definition) is 2. The van der Waals surface area contributed by atoms with Gasteiger partial charge >= 0.3 is 5.97 Å². The van der Waals surface area contributed by atoms with Crippen molar-refractivity contribution in [2.75, 3.05) is 0 Å². The summed E-state index contributed by atoms with van der Waals surface area (Å²) in [5.41, 5.74) is 0.815. The number of esters is 1. The summed E-state index contributed by atoms with van der Waals surface area (Å²) in [4.78, 5) is 26.4. The molecule has 0 unspecified atom stereocenters. The first kappa shape index (κ1) is 12.2. The number of nitrogens with one attached hydrogen (secondary N) is 1. The number of pyridine rings is 1. The molecule has 1 heterocycles. The zero-order valence-electron chi connectivity index (χ0n) is 10.6. The molecule has 3 rings (SSSR count). The molecule has 0 aliphatic rings. The topological polar surface area (TPSA) is 79.4 Å². The molecule has 0 fully saturated rings. The highest BCUT2D eigenvalue weighted by Crippen LogP contribution is 2.28. The lowest BCUT2D eigenvalue weighted by molar-refractivity contribution is -0.131. The molecule has 3 aromatic rings. The predicted octanol–water partition coefficient (Wildman–Crippen LogP) is 2.31. The number of phenolic OH excluding ortho intramolecular Hbond substituents is 1.